The molecule has 3 amide bonds. The second-order valence-corrected chi connectivity index (χ2v) is 19.2. The van der Waals surface area contributed by atoms with Crippen molar-refractivity contribution in [2.24, 2.45) is 27.5 Å². The molecule has 4 fully saturated rings. The van der Waals surface area contributed by atoms with Gasteiger partial charge in [-0.05, 0) is 117 Å². The maximum absolute atomic E-state index is 14.6. The first-order chi connectivity index (χ1) is 24.9. The number of nitrogens with zero attached hydrogens (tertiary/aromatic N) is 2. The predicted molar refractivity (Wildman–Crippen MR) is 202 cm³/mol. The van der Waals surface area contributed by atoms with E-state index in [9.17, 15) is 13.8 Å². The minimum atomic E-state index is -3.49. The lowest BCUT2D eigenvalue weighted by molar-refractivity contribution is -0.177. The average molecular weight is 751 g/mol. The molecule has 4 bridgehead atoms. The topological polar surface area (TPSA) is 119 Å². The molecule has 280 valence electrons. The third kappa shape index (κ3) is 6.64. The molecule has 1 spiro atoms. The van der Waals surface area contributed by atoms with Gasteiger partial charge in [0.25, 0.3) is 5.91 Å². The summed E-state index contributed by atoms with van der Waals surface area (Å²) in [7, 11) is -0.0209. The van der Waals surface area contributed by atoms with Crippen LogP contribution in [0.5, 0.6) is 5.75 Å². The monoisotopic (exact) mass is 750 g/mol. The molecule has 0 aromatic heterocycles. The van der Waals surface area contributed by atoms with E-state index in [0.717, 1.165) is 75.2 Å². The minimum absolute atomic E-state index is 0.0347. The van der Waals surface area contributed by atoms with Crippen LogP contribution in [0.2, 0.25) is 5.02 Å². The van der Waals surface area contributed by atoms with Crippen molar-refractivity contribution in [3.8, 4) is 5.75 Å². The van der Waals surface area contributed by atoms with E-state index in [0.29, 0.717) is 42.8 Å². The summed E-state index contributed by atoms with van der Waals surface area (Å²) in [5, 5.41) is 3.80. The molecule has 2 N–H and O–H groups in total. The predicted octanol–water partition coefficient (Wildman–Crippen LogP) is 6.84. The summed E-state index contributed by atoms with van der Waals surface area (Å²) >= 11 is 6.46. The maximum atomic E-state index is 14.6. The van der Waals surface area contributed by atoms with E-state index in [1.807, 2.05) is 25.1 Å². The van der Waals surface area contributed by atoms with Crippen LogP contribution in [0.25, 0.3) is 0 Å². The molecular formula is C40H51ClN4O6S. The number of carbonyl (C=O) groups excluding carboxylic acids is 2. The third-order valence-electron chi connectivity index (χ3n) is 12.7. The summed E-state index contributed by atoms with van der Waals surface area (Å²) in [5.74, 6) is 0.749. The molecule has 0 saturated heterocycles. The summed E-state index contributed by atoms with van der Waals surface area (Å²) in [6, 6.07) is 11.1. The van der Waals surface area contributed by atoms with E-state index in [2.05, 4.69) is 43.6 Å². The van der Waals surface area contributed by atoms with Gasteiger partial charge in [-0.3, -0.25) is 9.52 Å². The Morgan fingerprint density at radius 3 is 2.73 bits per heavy atom. The van der Waals surface area contributed by atoms with E-state index < -0.39 is 21.9 Å². The second kappa shape index (κ2) is 13.6. The lowest BCUT2D eigenvalue weighted by Crippen LogP contribution is -2.76. The Hall–Kier alpha value is -3.12. The van der Waals surface area contributed by atoms with Crippen molar-refractivity contribution >= 4 is 39.1 Å². The van der Waals surface area contributed by atoms with Gasteiger partial charge < -0.3 is 24.4 Å². The van der Waals surface area contributed by atoms with Gasteiger partial charge in [0.1, 0.15) is 15.7 Å². The molecule has 12 heteroatoms. The first-order valence-corrected chi connectivity index (χ1v) is 20.9. The van der Waals surface area contributed by atoms with Crippen LogP contribution >= 0.6 is 11.6 Å². The number of ether oxygens (including phenoxy) is 3. The molecule has 2 aliphatic heterocycles. The van der Waals surface area contributed by atoms with Crippen molar-refractivity contribution < 1.29 is 28.0 Å². The Morgan fingerprint density at radius 2 is 1.98 bits per heavy atom. The van der Waals surface area contributed by atoms with Crippen molar-refractivity contribution in [2.75, 3.05) is 51.2 Å². The van der Waals surface area contributed by atoms with Crippen LogP contribution in [0.15, 0.2) is 52.9 Å². The fourth-order valence-corrected chi connectivity index (χ4v) is 12.4. The first-order valence-electron chi connectivity index (χ1n) is 18.8. The minimum Gasteiger partial charge on any atom is -0.490 e. The molecule has 5 aliphatic carbocycles. The Labute approximate surface area is 312 Å². The first kappa shape index (κ1) is 35.9. The van der Waals surface area contributed by atoms with E-state index in [1.54, 1.807) is 20.3 Å². The third-order valence-corrected chi connectivity index (χ3v) is 15.0. The van der Waals surface area contributed by atoms with E-state index in [1.165, 1.54) is 11.1 Å². The number of amides is 3. The average Bonchev–Trinajstić information content (AvgIpc) is 3.20. The zero-order chi connectivity index (χ0) is 36.3. The number of allylic oxidation sites excluding steroid dienone is 1. The SMILES string of the molecule is COCC12CC(NC(=O)N[S@@]3(=O)=NC(=O)c4ccc5c(c4)N(C[C@@H]4CC[C@H]4[C@@H](OC)/C=C/C[C@H](C)C3)C[C@@]3(CCCc4cc(Cl)ccc43)CO5)(C1)C2. The molecule has 6 atom stereocenters. The lowest BCUT2D eigenvalue weighted by Gasteiger charge is -2.70. The van der Waals surface area contributed by atoms with Gasteiger partial charge >= 0.3 is 6.03 Å². The number of anilines is 1. The van der Waals surface area contributed by atoms with Crippen molar-refractivity contribution in [3.05, 3.63) is 70.3 Å². The largest absolute Gasteiger partial charge is 0.490 e. The smallest absolute Gasteiger partial charge is 0.327 e. The van der Waals surface area contributed by atoms with Gasteiger partial charge in [-0.1, -0.05) is 36.7 Å². The quantitative estimate of drug-likeness (QED) is 0.322. The Balaban J connectivity index is 1.14. The molecule has 2 aromatic carbocycles. The Bertz CT molecular complexity index is 1890. The summed E-state index contributed by atoms with van der Waals surface area (Å²) < 4.78 is 39.7. The second-order valence-electron chi connectivity index (χ2n) is 16.8. The molecule has 7 aliphatic rings. The van der Waals surface area contributed by atoms with Crippen LogP contribution in [-0.2, 0) is 31.2 Å². The van der Waals surface area contributed by atoms with Gasteiger partial charge in [0, 0.05) is 54.3 Å². The van der Waals surface area contributed by atoms with Gasteiger partial charge in [-0.2, -0.15) is 0 Å². The van der Waals surface area contributed by atoms with Gasteiger partial charge in [0.2, 0.25) is 0 Å². The molecule has 4 saturated carbocycles. The highest BCUT2D eigenvalue weighted by atomic mass is 35.5. The zero-order valence-corrected chi connectivity index (χ0v) is 32.0. The van der Waals surface area contributed by atoms with Crippen molar-refractivity contribution in [2.45, 2.75) is 81.8 Å². The highest BCUT2D eigenvalue weighted by molar-refractivity contribution is 7.92. The number of nitrogens with one attached hydrogen (secondary N) is 2. The molecule has 0 radical (unpaired) electrons. The number of rotatable bonds is 5. The molecule has 2 heterocycles. The number of methoxy groups -OCH3 is 2. The summed E-state index contributed by atoms with van der Waals surface area (Å²) in [5.41, 5.74) is 3.26. The molecule has 9 rings (SSSR count). The lowest BCUT2D eigenvalue weighted by atomic mass is 9.39. The fraction of sp³-hybridized carbons (Fsp3) is 0.600. The van der Waals surface area contributed by atoms with E-state index in [4.69, 9.17) is 25.8 Å². The number of hydrogen-bond acceptors (Lipinski definition) is 7. The number of aryl methyl sites for hydroxylation is 1. The van der Waals surface area contributed by atoms with Crippen LogP contribution in [0, 0.1) is 23.2 Å². The Kier molecular flexibility index (Phi) is 9.40. The zero-order valence-electron chi connectivity index (χ0n) is 30.5. The Morgan fingerprint density at radius 1 is 1.15 bits per heavy atom. The standard InChI is InChI=1S/C40H51ClN4O6S/c1-26-6-4-8-34(50-3)31-12-9-29(31)18-45-23-39(15-5-7-27-16-30(41)11-13-32(27)39)25-51-35-14-10-28(17-33(35)45)36(46)43-52(48,19-26)44-37(47)42-40-20-38(21-40,22-40)24-49-2/h4,8,10-11,13-14,16-17,26,29,31,34H,5-7,9,12,15,18-25H2,1-3H3,(H2,42,43,44,46,47,48)/b8-4+/t26-,29-,31+,34-,38?,39-,40?,52-/m0/s1. The van der Waals surface area contributed by atoms with Gasteiger partial charge in [0.15, 0.2) is 0 Å². The van der Waals surface area contributed by atoms with Crippen LogP contribution in [0.1, 0.15) is 79.8 Å². The van der Waals surface area contributed by atoms with E-state index >= 15 is 0 Å². The molecule has 0 unspecified atom stereocenters. The normalized spacial score (nSPS) is 37.0. The maximum Gasteiger partial charge on any atom is 0.327 e. The van der Waals surface area contributed by atoms with Crippen LogP contribution in [-0.4, -0.2) is 74.1 Å². The highest BCUT2D eigenvalue weighted by Crippen LogP contribution is 2.67. The van der Waals surface area contributed by atoms with E-state index in [-0.39, 0.29) is 34.1 Å². The number of hydrogen-bond donors (Lipinski definition) is 2. The van der Waals surface area contributed by atoms with Gasteiger partial charge in [-0.15, -0.1) is 4.36 Å². The van der Waals surface area contributed by atoms with Crippen molar-refractivity contribution in [1.82, 2.24) is 10.0 Å². The highest BCUT2D eigenvalue weighted by Gasteiger charge is 2.68. The number of halogens is 1. The molecule has 2 aromatic rings. The number of carbonyl (C=O) groups is 2. The van der Waals surface area contributed by atoms with Gasteiger partial charge in [-0.25, -0.2) is 9.00 Å². The van der Waals surface area contributed by atoms with Crippen LogP contribution in [0.3, 0.4) is 0 Å². The summed E-state index contributed by atoms with van der Waals surface area (Å²) in [4.78, 5) is 29.8. The van der Waals surface area contributed by atoms with Crippen molar-refractivity contribution in [1.29, 1.82) is 0 Å². The molecule has 52 heavy (non-hydrogen) atoms. The number of urea groups is 1. The van der Waals surface area contributed by atoms with Crippen molar-refractivity contribution in [3.63, 3.8) is 0 Å². The van der Waals surface area contributed by atoms with Gasteiger partial charge in [0.05, 0.1) is 30.8 Å². The number of benzene rings is 2. The summed E-state index contributed by atoms with van der Waals surface area (Å²) in [6.45, 7) is 4.67. The summed E-state index contributed by atoms with van der Waals surface area (Å²) in [6.07, 6.45) is 12.5. The van der Waals surface area contributed by atoms with Crippen LogP contribution < -0.4 is 19.7 Å². The molecular weight excluding hydrogens is 700 g/mol. The molecule has 10 nitrogen and oxygen atoms in total. The fourth-order valence-electron chi connectivity index (χ4n) is 10.4. The van der Waals surface area contributed by atoms with Crippen LogP contribution in [0.4, 0.5) is 10.5 Å². The number of fused-ring (bicyclic) bond motifs is 4.